The number of carbonyl (C=O) groups is 1. The third-order valence-corrected chi connectivity index (χ3v) is 4.48. The zero-order valence-corrected chi connectivity index (χ0v) is 15.7. The number of anilines is 1. The number of nitro groups is 1. The number of nitrogens with one attached hydrogen (secondary N) is 1. The molecule has 0 spiro atoms. The van der Waals surface area contributed by atoms with E-state index in [4.69, 9.17) is 9.47 Å². The molecule has 0 radical (unpaired) electrons. The van der Waals surface area contributed by atoms with E-state index in [0.29, 0.717) is 32.1 Å². The van der Waals surface area contributed by atoms with Crippen molar-refractivity contribution in [3.8, 4) is 5.75 Å². The zero-order chi connectivity index (χ0) is 19.9. The molecule has 0 aromatic heterocycles. The number of rotatable bonds is 7. The molecule has 0 saturated carbocycles. The van der Waals surface area contributed by atoms with Crippen LogP contribution in [0.2, 0.25) is 0 Å². The number of nitro benzene ring substituents is 1. The number of morpholine rings is 1. The fourth-order valence-corrected chi connectivity index (χ4v) is 2.95. The summed E-state index contributed by atoms with van der Waals surface area (Å²) in [6, 6.07) is 12.2. The van der Waals surface area contributed by atoms with Gasteiger partial charge in [0.15, 0.2) is 0 Å². The highest BCUT2D eigenvalue weighted by Crippen LogP contribution is 2.25. The number of hydrogen-bond donors (Lipinski definition) is 1. The summed E-state index contributed by atoms with van der Waals surface area (Å²) in [6.45, 7) is 5.05. The topological polar surface area (TPSA) is 93.9 Å². The summed E-state index contributed by atoms with van der Waals surface area (Å²) in [6.07, 6.45) is 0. The minimum absolute atomic E-state index is 0.0457. The van der Waals surface area contributed by atoms with E-state index >= 15 is 0 Å². The molecule has 1 aliphatic rings. The lowest BCUT2D eigenvalue weighted by Crippen LogP contribution is -2.36. The average molecular weight is 385 g/mol. The quantitative estimate of drug-likeness (QED) is 0.447. The van der Waals surface area contributed by atoms with Crippen molar-refractivity contribution >= 4 is 17.3 Å². The summed E-state index contributed by atoms with van der Waals surface area (Å²) in [4.78, 5) is 25.4. The van der Waals surface area contributed by atoms with Crippen molar-refractivity contribution in [3.63, 3.8) is 0 Å². The van der Waals surface area contributed by atoms with Crippen molar-refractivity contribution < 1.29 is 19.2 Å². The molecule has 2 aromatic carbocycles. The summed E-state index contributed by atoms with van der Waals surface area (Å²) < 4.78 is 10.9. The van der Waals surface area contributed by atoms with E-state index in [9.17, 15) is 14.9 Å². The smallest absolute Gasteiger partial charge is 0.282 e. The first kappa shape index (κ1) is 19.6. The van der Waals surface area contributed by atoms with E-state index in [1.165, 1.54) is 6.07 Å². The van der Waals surface area contributed by atoms with Crippen LogP contribution in [0.1, 0.15) is 15.9 Å². The highest BCUT2D eigenvalue weighted by atomic mass is 16.6. The third-order valence-electron chi connectivity index (χ3n) is 4.48. The molecule has 148 valence electrons. The van der Waals surface area contributed by atoms with Gasteiger partial charge in [-0.2, -0.15) is 0 Å². The summed E-state index contributed by atoms with van der Waals surface area (Å²) in [5.41, 5.74) is 1.74. The van der Waals surface area contributed by atoms with E-state index in [-0.39, 0.29) is 24.4 Å². The molecule has 0 bridgehead atoms. The molecule has 1 amide bonds. The second-order valence-corrected chi connectivity index (χ2v) is 6.48. The molecular formula is C20H23N3O5. The van der Waals surface area contributed by atoms with Gasteiger partial charge >= 0.3 is 0 Å². The highest BCUT2D eigenvalue weighted by Gasteiger charge is 2.22. The monoisotopic (exact) mass is 385 g/mol. The van der Waals surface area contributed by atoms with Crippen LogP contribution >= 0.6 is 0 Å². The molecule has 1 N–H and O–H groups in total. The van der Waals surface area contributed by atoms with Gasteiger partial charge in [0.2, 0.25) is 0 Å². The molecule has 1 aliphatic heterocycles. The Bertz CT molecular complexity index is 832. The Balaban J connectivity index is 1.63. The molecule has 1 heterocycles. The van der Waals surface area contributed by atoms with Gasteiger partial charge in [-0.05, 0) is 31.2 Å². The van der Waals surface area contributed by atoms with E-state index in [1.54, 1.807) is 12.1 Å². The Morgan fingerprint density at radius 3 is 2.61 bits per heavy atom. The lowest BCUT2D eigenvalue weighted by Gasteiger charge is -2.29. The summed E-state index contributed by atoms with van der Waals surface area (Å²) in [5, 5.41) is 14.0. The van der Waals surface area contributed by atoms with Crippen molar-refractivity contribution in [2.75, 3.05) is 44.4 Å². The van der Waals surface area contributed by atoms with Gasteiger partial charge in [0.05, 0.1) is 24.7 Å². The standard InChI is InChI=1S/C20H23N3O5/c1-15-2-5-17(6-3-15)28-11-8-21-20(24)18-14-16(4-7-19(18)23(25)26)22-9-12-27-13-10-22/h2-7,14H,8-13H2,1H3,(H,21,24). The molecule has 3 rings (SSSR count). The zero-order valence-electron chi connectivity index (χ0n) is 15.7. The van der Waals surface area contributed by atoms with Crippen LogP contribution in [0.15, 0.2) is 42.5 Å². The van der Waals surface area contributed by atoms with Gasteiger partial charge in [0, 0.05) is 24.8 Å². The average Bonchev–Trinajstić information content (AvgIpc) is 2.72. The number of nitrogens with zero attached hydrogens (tertiary/aromatic N) is 2. The van der Waals surface area contributed by atoms with Gasteiger partial charge < -0.3 is 19.7 Å². The summed E-state index contributed by atoms with van der Waals surface area (Å²) in [5.74, 6) is 0.217. The van der Waals surface area contributed by atoms with Crippen LogP contribution in [0.5, 0.6) is 5.75 Å². The fraction of sp³-hybridized carbons (Fsp3) is 0.350. The van der Waals surface area contributed by atoms with Crippen LogP contribution < -0.4 is 15.0 Å². The number of amides is 1. The van der Waals surface area contributed by atoms with Crippen molar-refractivity contribution in [2.24, 2.45) is 0 Å². The first-order valence-corrected chi connectivity index (χ1v) is 9.13. The fourth-order valence-electron chi connectivity index (χ4n) is 2.95. The number of benzene rings is 2. The molecule has 0 unspecified atom stereocenters. The Morgan fingerprint density at radius 2 is 1.93 bits per heavy atom. The second-order valence-electron chi connectivity index (χ2n) is 6.48. The van der Waals surface area contributed by atoms with Crippen molar-refractivity contribution in [2.45, 2.75) is 6.92 Å². The van der Waals surface area contributed by atoms with Gasteiger partial charge in [-0.15, -0.1) is 0 Å². The van der Waals surface area contributed by atoms with Crippen LogP contribution in [0.3, 0.4) is 0 Å². The molecular weight excluding hydrogens is 362 g/mol. The minimum Gasteiger partial charge on any atom is -0.492 e. The van der Waals surface area contributed by atoms with Gasteiger partial charge in [0.1, 0.15) is 17.9 Å². The normalized spacial score (nSPS) is 13.8. The predicted molar refractivity (Wildman–Crippen MR) is 105 cm³/mol. The van der Waals surface area contributed by atoms with Crippen LogP contribution in [0, 0.1) is 17.0 Å². The lowest BCUT2D eigenvalue weighted by atomic mass is 10.1. The van der Waals surface area contributed by atoms with Crippen LogP contribution in [0.25, 0.3) is 0 Å². The largest absolute Gasteiger partial charge is 0.492 e. The van der Waals surface area contributed by atoms with E-state index in [1.807, 2.05) is 36.1 Å². The maximum absolute atomic E-state index is 12.5. The van der Waals surface area contributed by atoms with E-state index in [0.717, 1.165) is 11.3 Å². The molecule has 28 heavy (non-hydrogen) atoms. The first-order chi connectivity index (χ1) is 13.5. The Hall–Kier alpha value is -3.13. The molecule has 2 aromatic rings. The van der Waals surface area contributed by atoms with Crippen LogP contribution in [-0.2, 0) is 4.74 Å². The maximum Gasteiger partial charge on any atom is 0.282 e. The summed E-state index contributed by atoms with van der Waals surface area (Å²) >= 11 is 0. The third kappa shape index (κ3) is 4.98. The van der Waals surface area contributed by atoms with E-state index < -0.39 is 10.8 Å². The van der Waals surface area contributed by atoms with Crippen molar-refractivity contribution in [1.82, 2.24) is 5.32 Å². The van der Waals surface area contributed by atoms with Crippen LogP contribution in [-0.4, -0.2) is 50.3 Å². The van der Waals surface area contributed by atoms with E-state index in [2.05, 4.69) is 5.32 Å². The predicted octanol–water partition coefficient (Wildman–Crippen LogP) is 2.55. The molecule has 8 nitrogen and oxygen atoms in total. The SMILES string of the molecule is Cc1ccc(OCCNC(=O)c2cc(N3CCOCC3)ccc2[N+](=O)[O-])cc1. The Kier molecular flexibility index (Phi) is 6.44. The van der Waals surface area contributed by atoms with Gasteiger partial charge in [-0.1, -0.05) is 17.7 Å². The molecule has 1 saturated heterocycles. The van der Waals surface area contributed by atoms with Crippen molar-refractivity contribution in [3.05, 3.63) is 63.7 Å². The molecule has 0 atom stereocenters. The Labute approximate surface area is 163 Å². The number of ether oxygens (including phenoxy) is 2. The number of hydrogen-bond acceptors (Lipinski definition) is 6. The second kappa shape index (κ2) is 9.18. The minimum atomic E-state index is -0.541. The van der Waals surface area contributed by atoms with Crippen LogP contribution in [0.4, 0.5) is 11.4 Å². The van der Waals surface area contributed by atoms with Gasteiger partial charge in [-0.3, -0.25) is 14.9 Å². The maximum atomic E-state index is 12.5. The Morgan fingerprint density at radius 1 is 1.21 bits per heavy atom. The first-order valence-electron chi connectivity index (χ1n) is 9.13. The lowest BCUT2D eigenvalue weighted by molar-refractivity contribution is -0.385. The summed E-state index contributed by atoms with van der Waals surface area (Å²) in [7, 11) is 0. The van der Waals surface area contributed by atoms with Gasteiger partial charge in [-0.25, -0.2) is 0 Å². The number of aryl methyl sites for hydroxylation is 1. The molecule has 8 heteroatoms. The number of carbonyl (C=O) groups excluding carboxylic acids is 1. The molecule has 0 aliphatic carbocycles. The van der Waals surface area contributed by atoms with Crippen molar-refractivity contribution in [1.29, 1.82) is 0 Å². The van der Waals surface area contributed by atoms with Gasteiger partial charge in [0.25, 0.3) is 11.6 Å². The molecule has 1 fully saturated rings. The highest BCUT2D eigenvalue weighted by molar-refractivity contribution is 5.99.